The molecule has 1 saturated carbocycles. The number of carbonyl (C=O) groups is 1. The van der Waals surface area contributed by atoms with Crippen molar-refractivity contribution in [2.45, 2.75) is 63.6 Å². The van der Waals surface area contributed by atoms with Crippen molar-refractivity contribution in [1.29, 1.82) is 0 Å². The molecule has 1 aliphatic heterocycles. The number of carbonyl (C=O) groups excluding carboxylic acids is 1. The molecule has 2 aromatic carbocycles. The molecule has 1 saturated heterocycles. The van der Waals surface area contributed by atoms with Gasteiger partial charge in [-0.05, 0) is 61.9 Å². The van der Waals surface area contributed by atoms with Crippen LogP contribution >= 0.6 is 0 Å². The molecule has 1 heterocycles. The summed E-state index contributed by atoms with van der Waals surface area (Å²) in [6, 6.07) is 17.6. The Morgan fingerprint density at radius 1 is 0.935 bits per heavy atom. The van der Waals surface area contributed by atoms with Crippen molar-refractivity contribution < 1.29 is 14.6 Å². The molecule has 2 aromatic rings. The Labute approximate surface area is 186 Å². The van der Waals surface area contributed by atoms with Gasteiger partial charge < -0.3 is 14.7 Å². The summed E-state index contributed by atoms with van der Waals surface area (Å²) in [5, 5.41) is 11.5. The molecule has 0 amide bonds. The number of hydrogen-bond acceptors (Lipinski definition) is 4. The lowest BCUT2D eigenvalue weighted by molar-refractivity contribution is -0.175. The topological polar surface area (TPSA) is 49.8 Å². The van der Waals surface area contributed by atoms with Crippen molar-refractivity contribution in [3.8, 4) is 0 Å². The molecule has 0 aromatic heterocycles. The highest BCUT2D eigenvalue weighted by Gasteiger charge is 2.47. The summed E-state index contributed by atoms with van der Waals surface area (Å²) in [7, 11) is 0. The molecule has 0 bridgehead atoms. The number of piperidine rings is 1. The Bertz CT molecular complexity index is 841. The lowest BCUT2D eigenvalue weighted by atomic mass is 9.80. The highest BCUT2D eigenvalue weighted by molar-refractivity contribution is 5.81. The van der Waals surface area contributed by atoms with E-state index >= 15 is 0 Å². The predicted octanol–water partition coefficient (Wildman–Crippen LogP) is 4.84. The Kier molecular flexibility index (Phi) is 7.41. The molecule has 166 valence electrons. The largest absolute Gasteiger partial charge is 0.458 e. The van der Waals surface area contributed by atoms with Crippen molar-refractivity contribution in [3.63, 3.8) is 0 Å². The van der Waals surface area contributed by atoms with E-state index in [0.717, 1.165) is 44.2 Å². The van der Waals surface area contributed by atoms with Crippen LogP contribution in [0, 0.1) is 5.92 Å². The number of ether oxygens (including phenoxy) is 1. The molecule has 4 nitrogen and oxygen atoms in total. The van der Waals surface area contributed by atoms with Crippen LogP contribution in [-0.4, -0.2) is 35.6 Å². The number of hydrogen-bond donors (Lipinski definition) is 1. The molecular weight excluding hydrogens is 386 g/mol. The molecule has 0 radical (unpaired) electrons. The normalized spacial score (nSPS) is 19.8. The van der Waals surface area contributed by atoms with E-state index in [2.05, 4.69) is 17.0 Å². The highest BCUT2D eigenvalue weighted by Crippen LogP contribution is 2.41. The zero-order valence-electron chi connectivity index (χ0n) is 18.5. The smallest absolute Gasteiger partial charge is 0.343 e. The third-order valence-corrected chi connectivity index (χ3v) is 7.00. The van der Waals surface area contributed by atoms with Gasteiger partial charge in [-0.25, -0.2) is 4.79 Å². The molecule has 4 heteroatoms. The average molecular weight is 422 g/mol. The predicted molar refractivity (Wildman–Crippen MR) is 123 cm³/mol. The second-order valence-electron chi connectivity index (χ2n) is 9.16. The first kappa shape index (κ1) is 22.0. The average Bonchev–Trinajstić information content (AvgIpc) is 3.38. The Balaban J connectivity index is 1.39. The minimum absolute atomic E-state index is 0.0849. The summed E-state index contributed by atoms with van der Waals surface area (Å²) >= 11 is 0. The van der Waals surface area contributed by atoms with E-state index < -0.39 is 11.6 Å². The first-order chi connectivity index (χ1) is 15.2. The molecule has 2 aliphatic rings. The summed E-state index contributed by atoms with van der Waals surface area (Å²) in [6.07, 6.45) is 8.78. The van der Waals surface area contributed by atoms with E-state index in [1.54, 1.807) is 0 Å². The van der Waals surface area contributed by atoms with Gasteiger partial charge >= 0.3 is 5.97 Å². The van der Waals surface area contributed by atoms with Crippen LogP contribution in [0.25, 0.3) is 0 Å². The van der Waals surface area contributed by atoms with Gasteiger partial charge in [-0.3, -0.25) is 0 Å². The highest BCUT2D eigenvalue weighted by atomic mass is 16.5. The van der Waals surface area contributed by atoms with Crippen LogP contribution in [0.5, 0.6) is 0 Å². The summed E-state index contributed by atoms with van der Waals surface area (Å²) in [5.74, 6) is -0.609. The van der Waals surface area contributed by atoms with E-state index in [9.17, 15) is 9.90 Å². The van der Waals surface area contributed by atoms with E-state index in [-0.39, 0.29) is 12.5 Å². The van der Waals surface area contributed by atoms with Crippen molar-refractivity contribution in [1.82, 2.24) is 4.90 Å². The summed E-state index contributed by atoms with van der Waals surface area (Å²) < 4.78 is 5.71. The van der Waals surface area contributed by atoms with Crippen LogP contribution < -0.4 is 0 Å². The van der Waals surface area contributed by atoms with Crippen molar-refractivity contribution in [3.05, 3.63) is 71.3 Å². The molecule has 4 rings (SSSR count). The van der Waals surface area contributed by atoms with Gasteiger partial charge in [0.2, 0.25) is 0 Å². The van der Waals surface area contributed by atoms with E-state index in [4.69, 9.17) is 4.74 Å². The fourth-order valence-corrected chi connectivity index (χ4v) is 5.16. The Morgan fingerprint density at radius 3 is 2.39 bits per heavy atom. The molecule has 1 unspecified atom stereocenters. The minimum Gasteiger partial charge on any atom is -0.458 e. The monoisotopic (exact) mass is 421 g/mol. The number of esters is 1. The quantitative estimate of drug-likeness (QED) is 0.620. The van der Waals surface area contributed by atoms with Crippen LogP contribution in [0.3, 0.4) is 0 Å². The molecule has 31 heavy (non-hydrogen) atoms. The third-order valence-electron chi connectivity index (χ3n) is 7.00. The maximum absolute atomic E-state index is 13.2. The van der Waals surface area contributed by atoms with E-state index in [1.807, 2.05) is 42.5 Å². The van der Waals surface area contributed by atoms with Crippen LogP contribution in [0.15, 0.2) is 54.6 Å². The number of benzene rings is 2. The summed E-state index contributed by atoms with van der Waals surface area (Å²) in [5.41, 5.74) is 1.32. The van der Waals surface area contributed by atoms with Gasteiger partial charge in [-0.15, -0.1) is 0 Å². The number of rotatable bonds is 8. The van der Waals surface area contributed by atoms with E-state index in [1.165, 1.54) is 37.9 Å². The second kappa shape index (κ2) is 10.4. The lowest BCUT2D eigenvalue weighted by Gasteiger charge is -2.32. The maximum Gasteiger partial charge on any atom is 0.343 e. The standard InChI is InChI=1S/C27H35NO3/c29-26(27(30,25-14-5-6-15-25)24-12-3-1-4-13-24)31-21-23-11-9-10-22(20-23)16-19-28-17-7-2-8-18-28/h1,3-4,9-13,20,25,30H,2,5-8,14-19,21H2. The van der Waals surface area contributed by atoms with Gasteiger partial charge in [-0.2, -0.15) is 0 Å². The van der Waals surface area contributed by atoms with Crippen LogP contribution in [0.4, 0.5) is 0 Å². The minimum atomic E-state index is -1.57. The fraction of sp³-hybridized carbons (Fsp3) is 0.519. The molecule has 2 fully saturated rings. The first-order valence-corrected chi connectivity index (χ1v) is 11.9. The van der Waals surface area contributed by atoms with Gasteiger partial charge in [0, 0.05) is 12.5 Å². The first-order valence-electron chi connectivity index (χ1n) is 11.9. The van der Waals surface area contributed by atoms with Gasteiger partial charge in [-0.1, -0.05) is 73.9 Å². The molecule has 1 aliphatic carbocycles. The Morgan fingerprint density at radius 2 is 1.65 bits per heavy atom. The molecule has 1 atom stereocenters. The number of nitrogens with zero attached hydrogens (tertiary/aromatic N) is 1. The van der Waals surface area contributed by atoms with Gasteiger partial charge in [0.05, 0.1) is 0 Å². The summed E-state index contributed by atoms with van der Waals surface area (Å²) in [6.45, 7) is 3.68. The van der Waals surface area contributed by atoms with Gasteiger partial charge in [0.15, 0.2) is 5.60 Å². The lowest BCUT2D eigenvalue weighted by Crippen LogP contribution is -2.43. The Hall–Kier alpha value is -2.17. The van der Waals surface area contributed by atoms with Gasteiger partial charge in [0.25, 0.3) is 0 Å². The van der Waals surface area contributed by atoms with Crippen LogP contribution in [0.2, 0.25) is 0 Å². The number of aliphatic hydroxyl groups is 1. The van der Waals surface area contributed by atoms with Gasteiger partial charge in [0.1, 0.15) is 6.61 Å². The van der Waals surface area contributed by atoms with Crippen molar-refractivity contribution in [2.75, 3.05) is 19.6 Å². The zero-order chi connectivity index (χ0) is 21.5. The van der Waals surface area contributed by atoms with Crippen molar-refractivity contribution in [2.24, 2.45) is 5.92 Å². The third kappa shape index (κ3) is 5.36. The van der Waals surface area contributed by atoms with Crippen LogP contribution in [0.1, 0.15) is 61.6 Å². The maximum atomic E-state index is 13.2. The molecule has 0 spiro atoms. The summed E-state index contributed by atoms with van der Waals surface area (Å²) in [4.78, 5) is 15.7. The zero-order valence-corrected chi connectivity index (χ0v) is 18.5. The van der Waals surface area contributed by atoms with E-state index in [0.29, 0.717) is 5.56 Å². The second-order valence-corrected chi connectivity index (χ2v) is 9.16. The van der Waals surface area contributed by atoms with Crippen LogP contribution in [-0.2, 0) is 28.2 Å². The molecular formula is C27H35NO3. The molecule has 1 N–H and O–H groups in total. The van der Waals surface area contributed by atoms with Crippen molar-refractivity contribution >= 4 is 5.97 Å². The number of likely N-dealkylation sites (tertiary alicyclic amines) is 1. The fourth-order valence-electron chi connectivity index (χ4n) is 5.16. The SMILES string of the molecule is O=C(OCc1cccc(CCN2CCCCC2)c1)C(O)(c1ccccc1)C1CCCC1.